The molecule has 2 aromatic rings. The summed E-state index contributed by atoms with van der Waals surface area (Å²) in [6, 6.07) is 10.1. The van der Waals surface area contributed by atoms with Crippen LogP contribution in [0.15, 0.2) is 36.4 Å². The van der Waals surface area contributed by atoms with Gasteiger partial charge in [-0.3, -0.25) is 10.1 Å². The van der Waals surface area contributed by atoms with E-state index < -0.39 is 4.92 Å². The first-order chi connectivity index (χ1) is 9.60. The average Bonchev–Trinajstić information content (AvgIpc) is 2.45. The van der Waals surface area contributed by atoms with Crippen LogP contribution in [-0.2, 0) is 6.54 Å². The Kier molecular flexibility index (Phi) is 4.37. The van der Waals surface area contributed by atoms with E-state index in [-0.39, 0.29) is 16.7 Å². The Balaban J connectivity index is 2.17. The highest BCUT2D eigenvalue weighted by Gasteiger charge is 2.15. The summed E-state index contributed by atoms with van der Waals surface area (Å²) in [5.74, 6) is 0.864. The van der Waals surface area contributed by atoms with Crippen molar-refractivity contribution in [3.05, 3.63) is 57.2 Å². The van der Waals surface area contributed by atoms with E-state index in [0.717, 1.165) is 11.3 Å². The Labute approximate surface area is 120 Å². The number of hydrogen-bond donors (Lipinski definition) is 1. The van der Waals surface area contributed by atoms with Gasteiger partial charge in [0.1, 0.15) is 10.9 Å². The van der Waals surface area contributed by atoms with Crippen molar-refractivity contribution in [2.75, 3.05) is 12.4 Å². The van der Waals surface area contributed by atoms with Gasteiger partial charge in [-0.15, -0.1) is 0 Å². The molecule has 0 radical (unpaired) electrons. The van der Waals surface area contributed by atoms with Crippen LogP contribution in [0.2, 0.25) is 5.15 Å². The van der Waals surface area contributed by atoms with Crippen molar-refractivity contribution < 1.29 is 9.66 Å². The summed E-state index contributed by atoms with van der Waals surface area (Å²) in [7, 11) is 1.58. The van der Waals surface area contributed by atoms with Crippen LogP contribution in [0.1, 0.15) is 5.56 Å². The molecule has 0 bridgehead atoms. The number of nitrogens with zero attached hydrogens (tertiary/aromatic N) is 2. The highest BCUT2D eigenvalue weighted by molar-refractivity contribution is 6.29. The maximum absolute atomic E-state index is 10.9. The van der Waals surface area contributed by atoms with Gasteiger partial charge in [-0.05, 0) is 23.8 Å². The summed E-state index contributed by atoms with van der Waals surface area (Å²) >= 11 is 5.76. The number of nitrogens with one attached hydrogen (secondary N) is 1. The lowest BCUT2D eigenvalue weighted by Crippen LogP contribution is -2.05. The van der Waals surface area contributed by atoms with Gasteiger partial charge in [-0.25, -0.2) is 4.98 Å². The van der Waals surface area contributed by atoms with Crippen LogP contribution in [0.3, 0.4) is 0 Å². The van der Waals surface area contributed by atoms with Crippen molar-refractivity contribution in [2.24, 2.45) is 0 Å². The summed E-state index contributed by atoms with van der Waals surface area (Å²) < 4.78 is 5.12. The third-order valence-electron chi connectivity index (χ3n) is 2.63. The van der Waals surface area contributed by atoms with Gasteiger partial charge in [0.05, 0.1) is 12.0 Å². The number of rotatable bonds is 5. The average molecular weight is 294 g/mol. The van der Waals surface area contributed by atoms with E-state index in [1.807, 2.05) is 24.3 Å². The predicted molar refractivity (Wildman–Crippen MR) is 76.2 cm³/mol. The molecule has 0 aliphatic carbocycles. The van der Waals surface area contributed by atoms with Crippen LogP contribution in [-0.4, -0.2) is 17.0 Å². The van der Waals surface area contributed by atoms with E-state index in [0.29, 0.717) is 6.54 Å². The fourth-order valence-corrected chi connectivity index (χ4v) is 1.82. The molecule has 0 saturated carbocycles. The van der Waals surface area contributed by atoms with Crippen molar-refractivity contribution in [3.8, 4) is 5.75 Å². The number of hydrogen-bond acceptors (Lipinski definition) is 5. The molecule has 0 amide bonds. The van der Waals surface area contributed by atoms with Crippen LogP contribution >= 0.6 is 11.6 Å². The second-order valence-corrected chi connectivity index (χ2v) is 4.35. The fourth-order valence-electron chi connectivity index (χ4n) is 1.67. The number of halogens is 1. The van der Waals surface area contributed by atoms with Gasteiger partial charge in [0.25, 0.3) is 0 Å². The second kappa shape index (κ2) is 6.21. The Bertz CT molecular complexity index is 634. The Morgan fingerprint density at radius 3 is 2.90 bits per heavy atom. The van der Waals surface area contributed by atoms with Crippen molar-refractivity contribution in [2.45, 2.75) is 6.54 Å². The number of anilines is 1. The molecule has 20 heavy (non-hydrogen) atoms. The Hall–Kier alpha value is -2.34. The van der Waals surface area contributed by atoms with Crippen molar-refractivity contribution >= 4 is 23.1 Å². The third kappa shape index (κ3) is 3.36. The summed E-state index contributed by atoms with van der Waals surface area (Å²) in [6.07, 6.45) is 0. The molecular weight excluding hydrogens is 282 g/mol. The first-order valence-electron chi connectivity index (χ1n) is 5.78. The van der Waals surface area contributed by atoms with E-state index in [1.165, 1.54) is 12.1 Å². The van der Waals surface area contributed by atoms with Crippen LogP contribution in [0.25, 0.3) is 0 Å². The molecule has 1 heterocycles. The number of pyridine rings is 1. The highest BCUT2D eigenvalue weighted by Crippen LogP contribution is 2.24. The smallest absolute Gasteiger partial charge is 0.311 e. The minimum Gasteiger partial charge on any atom is -0.497 e. The van der Waals surface area contributed by atoms with Gasteiger partial charge in [0, 0.05) is 12.6 Å². The number of benzene rings is 1. The first kappa shape index (κ1) is 14.1. The zero-order valence-corrected chi connectivity index (χ0v) is 11.4. The number of methoxy groups -OCH3 is 1. The maximum atomic E-state index is 10.9. The standard InChI is InChI=1S/C13H12ClN3O3/c1-20-10-4-2-3-9(7-10)8-15-13-11(17(18)19)5-6-12(14)16-13/h2-7H,8H2,1H3,(H,15,16). The molecule has 104 valence electrons. The molecule has 0 saturated heterocycles. The van der Waals surface area contributed by atoms with Crippen molar-refractivity contribution in [1.29, 1.82) is 0 Å². The molecule has 2 rings (SSSR count). The fraction of sp³-hybridized carbons (Fsp3) is 0.154. The van der Waals surface area contributed by atoms with Gasteiger partial charge in [-0.1, -0.05) is 23.7 Å². The van der Waals surface area contributed by atoms with Gasteiger partial charge in [-0.2, -0.15) is 0 Å². The molecule has 1 aromatic heterocycles. The molecule has 1 N–H and O–H groups in total. The lowest BCUT2D eigenvalue weighted by atomic mass is 10.2. The molecule has 0 spiro atoms. The summed E-state index contributed by atoms with van der Waals surface area (Å²) in [5.41, 5.74) is 0.803. The van der Waals surface area contributed by atoms with Gasteiger partial charge < -0.3 is 10.1 Å². The SMILES string of the molecule is COc1cccc(CNc2nc(Cl)ccc2[N+](=O)[O-])c1. The summed E-state index contributed by atoms with van der Waals surface area (Å²) in [5, 5.41) is 14.0. The molecule has 0 unspecified atom stereocenters. The maximum Gasteiger partial charge on any atom is 0.311 e. The lowest BCUT2D eigenvalue weighted by molar-refractivity contribution is -0.384. The molecule has 6 nitrogen and oxygen atoms in total. The molecule has 0 fully saturated rings. The molecule has 1 aromatic carbocycles. The highest BCUT2D eigenvalue weighted by atomic mass is 35.5. The van der Waals surface area contributed by atoms with Crippen LogP contribution < -0.4 is 10.1 Å². The Morgan fingerprint density at radius 1 is 1.40 bits per heavy atom. The van der Waals surface area contributed by atoms with Crippen LogP contribution in [0.5, 0.6) is 5.75 Å². The van der Waals surface area contributed by atoms with E-state index in [1.54, 1.807) is 7.11 Å². The van der Waals surface area contributed by atoms with Gasteiger partial charge in [0.15, 0.2) is 0 Å². The van der Waals surface area contributed by atoms with Crippen molar-refractivity contribution in [1.82, 2.24) is 4.98 Å². The Morgan fingerprint density at radius 2 is 2.20 bits per heavy atom. The largest absolute Gasteiger partial charge is 0.497 e. The molecular formula is C13H12ClN3O3. The summed E-state index contributed by atoms with van der Waals surface area (Å²) in [6.45, 7) is 0.380. The van der Waals surface area contributed by atoms with Gasteiger partial charge >= 0.3 is 5.69 Å². The van der Waals surface area contributed by atoms with E-state index in [9.17, 15) is 10.1 Å². The molecule has 7 heteroatoms. The number of nitro groups is 1. The van der Waals surface area contributed by atoms with E-state index >= 15 is 0 Å². The van der Waals surface area contributed by atoms with Gasteiger partial charge in [0.2, 0.25) is 5.82 Å². The van der Waals surface area contributed by atoms with E-state index in [4.69, 9.17) is 16.3 Å². The third-order valence-corrected chi connectivity index (χ3v) is 2.84. The quantitative estimate of drug-likeness (QED) is 0.520. The molecule has 0 aliphatic heterocycles. The zero-order chi connectivity index (χ0) is 14.5. The molecule has 0 atom stereocenters. The second-order valence-electron chi connectivity index (χ2n) is 3.96. The number of ether oxygens (including phenoxy) is 1. The minimum absolute atomic E-state index is 0.114. The zero-order valence-electron chi connectivity index (χ0n) is 10.7. The van der Waals surface area contributed by atoms with Crippen molar-refractivity contribution in [3.63, 3.8) is 0 Å². The number of aromatic nitrogens is 1. The monoisotopic (exact) mass is 293 g/mol. The first-order valence-corrected chi connectivity index (χ1v) is 6.15. The summed E-state index contributed by atoms with van der Waals surface area (Å²) in [4.78, 5) is 14.3. The lowest BCUT2D eigenvalue weighted by Gasteiger charge is -2.08. The normalized spacial score (nSPS) is 10.1. The topological polar surface area (TPSA) is 77.3 Å². The van der Waals surface area contributed by atoms with E-state index in [2.05, 4.69) is 10.3 Å². The van der Waals surface area contributed by atoms with Crippen LogP contribution in [0, 0.1) is 10.1 Å². The minimum atomic E-state index is -0.503. The molecule has 0 aliphatic rings. The van der Waals surface area contributed by atoms with Crippen LogP contribution in [0.4, 0.5) is 11.5 Å². The predicted octanol–water partition coefficient (Wildman–Crippen LogP) is 3.26.